The first kappa shape index (κ1) is 20.8. The fraction of sp³-hybridized carbons (Fsp3) is 0.261. The normalized spacial score (nSPS) is 16.1. The molecule has 1 aliphatic heterocycles. The summed E-state index contributed by atoms with van der Waals surface area (Å²) >= 11 is 0. The molecule has 1 aliphatic rings. The van der Waals surface area contributed by atoms with Crippen molar-refractivity contribution >= 4 is 11.7 Å². The van der Waals surface area contributed by atoms with E-state index in [0.717, 1.165) is 18.4 Å². The molecule has 0 aliphatic carbocycles. The summed E-state index contributed by atoms with van der Waals surface area (Å²) < 4.78 is 24.0. The van der Waals surface area contributed by atoms with Crippen LogP contribution in [0.4, 0.5) is 14.9 Å². The number of benzene rings is 2. The fourth-order valence-corrected chi connectivity index (χ4v) is 3.86. The number of nitrogens with one attached hydrogen (secondary N) is 1. The Bertz CT molecular complexity index is 1290. The summed E-state index contributed by atoms with van der Waals surface area (Å²) in [7, 11) is 0. The Kier molecular flexibility index (Phi) is 5.55. The highest BCUT2D eigenvalue weighted by molar-refractivity contribution is 5.90. The SMILES string of the molecule is Cc1nc(-c2cccc(NC(=O)N3CCCC(c4nc(-c5cccc(F)c5)no4)C3)c2)no1. The standard InChI is InChI=1S/C23H21FN6O3/c1-14-25-20(28-32-14)16-6-3-9-19(12-16)26-23(31)30-10-4-7-17(13-30)22-27-21(29-33-22)15-5-2-8-18(24)11-15/h2-3,5-6,8-9,11-12,17H,4,7,10,13H2,1H3,(H,26,31). The van der Waals surface area contributed by atoms with Gasteiger partial charge in [0.25, 0.3) is 0 Å². The molecule has 168 valence electrons. The molecule has 2 amide bonds. The number of hydrogen-bond acceptors (Lipinski definition) is 7. The van der Waals surface area contributed by atoms with Gasteiger partial charge in [-0.15, -0.1) is 0 Å². The van der Waals surface area contributed by atoms with E-state index in [1.807, 2.05) is 12.1 Å². The lowest BCUT2D eigenvalue weighted by molar-refractivity contribution is 0.184. The van der Waals surface area contributed by atoms with Crippen LogP contribution in [0, 0.1) is 12.7 Å². The highest BCUT2D eigenvalue weighted by Crippen LogP contribution is 2.28. The van der Waals surface area contributed by atoms with E-state index in [1.54, 1.807) is 36.1 Å². The van der Waals surface area contributed by atoms with Crippen molar-refractivity contribution in [3.63, 3.8) is 0 Å². The first-order valence-corrected chi connectivity index (χ1v) is 10.6. The van der Waals surface area contributed by atoms with Gasteiger partial charge in [-0.1, -0.05) is 34.6 Å². The van der Waals surface area contributed by atoms with Crippen LogP contribution >= 0.6 is 0 Å². The predicted molar refractivity (Wildman–Crippen MR) is 117 cm³/mol. The van der Waals surface area contributed by atoms with Gasteiger partial charge in [0.1, 0.15) is 5.82 Å². The van der Waals surface area contributed by atoms with Crippen LogP contribution in [0.25, 0.3) is 22.8 Å². The van der Waals surface area contributed by atoms with Gasteiger partial charge in [0.2, 0.25) is 23.4 Å². The second kappa shape index (κ2) is 8.81. The first-order valence-electron chi connectivity index (χ1n) is 10.6. The second-order valence-corrected chi connectivity index (χ2v) is 7.90. The Balaban J connectivity index is 1.26. The van der Waals surface area contributed by atoms with Gasteiger partial charge in [0, 0.05) is 36.8 Å². The van der Waals surface area contributed by atoms with Crippen LogP contribution in [0.3, 0.4) is 0 Å². The largest absolute Gasteiger partial charge is 0.339 e. The average Bonchev–Trinajstić information content (AvgIpc) is 3.49. The molecule has 4 aromatic rings. The molecule has 0 spiro atoms. The van der Waals surface area contributed by atoms with Gasteiger partial charge < -0.3 is 19.3 Å². The van der Waals surface area contributed by atoms with E-state index in [0.29, 0.717) is 47.8 Å². The van der Waals surface area contributed by atoms with Crippen molar-refractivity contribution in [3.05, 3.63) is 66.1 Å². The van der Waals surface area contributed by atoms with Gasteiger partial charge in [-0.2, -0.15) is 9.97 Å². The number of carbonyl (C=O) groups is 1. The van der Waals surface area contributed by atoms with Crippen LogP contribution in [0.2, 0.25) is 0 Å². The summed E-state index contributed by atoms with van der Waals surface area (Å²) in [5.74, 6) is 1.26. The Morgan fingerprint density at radius 2 is 1.82 bits per heavy atom. The first-order chi connectivity index (χ1) is 16.0. The molecule has 3 heterocycles. The Hall–Kier alpha value is -4.08. The van der Waals surface area contributed by atoms with Crippen molar-refractivity contribution < 1.29 is 18.2 Å². The van der Waals surface area contributed by atoms with Crippen molar-refractivity contribution in [1.29, 1.82) is 0 Å². The molecule has 33 heavy (non-hydrogen) atoms. The lowest BCUT2D eigenvalue weighted by Gasteiger charge is -2.31. The molecule has 1 N–H and O–H groups in total. The molecule has 0 radical (unpaired) electrons. The third-order valence-corrected chi connectivity index (χ3v) is 5.48. The Morgan fingerprint density at radius 1 is 1.06 bits per heavy atom. The molecule has 0 bridgehead atoms. The number of hydrogen-bond donors (Lipinski definition) is 1. The second-order valence-electron chi connectivity index (χ2n) is 7.90. The van der Waals surface area contributed by atoms with E-state index in [9.17, 15) is 9.18 Å². The highest BCUT2D eigenvalue weighted by Gasteiger charge is 2.29. The molecular weight excluding hydrogens is 427 g/mol. The summed E-state index contributed by atoms with van der Waals surface area (Å²) in [5, 5.41) is 10.8. The van der Waals surface area contributed by atoms with Crippen LogP contribution in [-0.4, -0.2) is 44.3 Å². The summed E-state index contributed by atoms with van der Waals surface area (Å²) in [6.07, 6.45) is 1.62. The summed E-state index contributed by atoms with van der Waals surface area (Å²) in [4.78, 5) is 23.3. The van der Waals surface area contributed by atoms with Gasteiger partial charge in [-0.25, -0.2) is 9.18 Å². The molecule has 1 atom stereocenters. The van der Waals surface area contributed by atoms with Gasteiger partial charge in [-0.05, 0) is 37.1 Å². The monoisotopic (exact) mass is 448 g/mol. The van der Waals surface area contributed by atoms with E-state index in [4.69, 9.17) is 9.05 Å². The van der Waals surface area contributed by atoms with E-state index in [1.165, 1.54) is 12.1 Å². The average molecular weight is 448 g/mol. The molecule has 0 saturated carbocycles. The number of anilines is 1. The molecular formula is C23H21FN6O3. The number of amides is 2. The number of aromatic nitrogens is 4. The quantitative estimate of drug-likeness (QED) is 0.484. The molecule has 2 aromatic carbocycles. The lowest BCUT2D eigenvalue weighted by Crippen LogP contribution is -2.41. The third kappa shape index (κ3) is 4.59. The number of halogens is 1. The molecule has 1 fully saturated rings. The molecule has 1 saturated heterocycles. The number of aryl methyl sites for hydroxylation is 1. The topological polar surface area (TPSA) is 110 Å². The van der Waals surface area contributed by atoms with Crippen LogP contribution in [-0.2, 0) is 0 Å². The maximum atomic E-state index is 13.5. The summed E-state index contributed by atoms with van der Waals surface area (Å²) in [5.41, 5.74) is 1.93. The van der Waals surface area contributed by atoms with E-state index in [2.05, 4.69) is 25.6 Å². The molecule has 10 heteroatoms. The maximum Gasteiger partial charge on any atom is 0.321 e. The number of piperidine rings is 1. The number of rotatable bonds is 4. The van der Waals surface area contributed by atoms with Gasteiger partial charge in [0.15, 0.2) is 0 Å². The Morgan fingerprint density at radius 3 is 2.61 bits per heavy atom. The summed E-state index contributed by atoms with van der Waals surface area (Å²) in [6.45, 7) is 2.79. The number of likely N-dealkylation sites (tertiary alicyclic amines) is 1. The van der Waals surface area contributed by atoms with Crippen LogP contribution in [0.15, 0.2) is 57.6 Å². The minimum atomic E-state index is -0.363. The zero-order valence-electron chi connectivity index (χ0n) is 17.9. The highest BCUT2D eigenvalue weighted by atomic mass is 19.1. The van der Waals surface area contributed by atoms with Crippen LogP contribution < -0.4 is 5.32 Å². The van der Waals surface area contributed by atoms with Crippen molar-refractivity contribution in [2.24, 2.45) is 0 Å². The van der Waals surface area contributed by atoms with Gasteiger partial charge >= 0.3 is 6.03 Å². The van der Waals surface area contributed by atoms with E-state index >= 15 is 0 Å². The van der Waals surface area contributed by atoms with Crippen molar-refractivity contribution in [2.75, 3.05) is 18.4 Å². The number of carbonyl (C=O) groups excluding carboxylic acids is 1. The minimum absolute atomic E-state index is 0.0899. The lowest BCUT2D eigenvalue weighted by atomic mass is 9.98. The zero-order valence-corrected chi connectivity index (χ0v) is 17.9. The minimum Gasteiger partial charge on any atom is -0.339 e. The number of nitrogens with zero attached hydrogens (tertiary/aromatic N) is 5. The smallest absolute Gasteiger partial charge is 0.321 e. The molecule has 1 unspecified atom stereocenters. The molecule has 2 aromatic heterocycles. The summed E-state index contributed by atoms with van der Waals surface area (Å²) in [6, 6.07) is 13.1. The third-order valence-electron chi connectivity index (χ3n) is 5.48. The van der Waals surface area contributed by atoms with Crippen molar-refractivity contribution in [2.45, 2.75) is 25.7 Å². The fourth-order valence-electron chi connectivity index (χ4n) is 3.86. The van der Waals surface area contributed by atoms with Crippen molar-refractivity contribution in [3.8, 4) is 22.8 Å². The molecule has 5 rings (SSSR count). The zero-order chi connectivity index (χ0) is 22.8. The van der Waals surface area contributed by atoms with Gasteiger partial charge in [-0.3, -0.25) is 0 Å². The number of urea groups is 1. The van der Waals surface area contributed by atoms with E-state index < -0.39 is 0 Å². The van der Waals surface area contributed by atoms with Gasteiger partial charge in [0.05, 0.1) is 5.92 Å². The maximum absolute atomic E-state index is 13.5. The Labute approximate surface area is 188 Å². The van der Waals surface area contributed by atoms with Crippen molar-refractivity contribution in [1.82, 2.24) is 25.2 Å². The predicted octanol–water partition coefficient (Wildman–Crippen LogP) is 4.65. The van der Waals surface area contributed by atoms with Crippen LogP contribution in [0.5, 0.6) is 0 Å². The van der Waals surface area contributed by atoms with E-state index in [-0.39, 0.29) is 17.8 Å². The molecule has 9 nitrogen and oxygen atoms in total. The van der Waals surface area contributed by atoms with Crippen LogP contribution in [0.1, 0.15) is 30.5 Å².